The maximum absolute atomic E-state index is 4.41. The van der Waals surface area contributed by atoms with Crippen molar-refractivity contribution < 1.29 is 0 Å². The monoisotopic (exact) mass is 190 g/mol. The molecule has 14 heavy (non-hydrogen) atoms. The molecule has 0 fully saturated rings. The molecule has 4 heteroatoms. The molecule has 0 radical (unpaired) electrons. The number of rotatable bonds is 0. The van der Waals surface area contributed by atoms with Gasteiger partial charge >= 0.3 is 0 Å². The summed E-state index contributed by atoms with van der Waals surface area (Å²) in [5.74, 6) is 0.753. The van der Waals surface area contributed by atoms with Crippen LogP contribution in [0.2, 0.25) is 0 Å². The molecule has 74 valence electrons. The predicted octanol–water partition coefficient (Wildman–Crippen LogP) is 1.73. The first kappa shape index (κ1) is 9.12. The lowest BCUT2D eigenvalue weighted by Gasteiger charge is -2.16. The fraction of sp³-hybridized carbons (Fsp3) is 0.500. The molecule has 0 N–H and O–H groups in total. The van der Waals surface area contributed by atoms with Gasteiger partial charge in [0.25, 0.3) is 0 Å². The third kappa shape index (κ3) is 1.47. The molecular formula is C10H14N4. The molecule has 0 saturated heterocycles. The first-order valence-corrected chi connectivity index (χ1v) is 4.68. The molecule has 2 heterocycles. The molecule has 0 aromatic carbocycles. The van der Waals surface area contributed by atoms with E-state index in [9.17, 15) is 0 Å². The van der Waals surface area contributed by atoms with Gasteiger partial charge in [-0.2, -0.15) is 5.10 Å². The van der Waals surface area contributed by atoms with E-state index in [1.165, 1.54) is 0 Å². The van der Waals surface area contributed by atoms with Gasteiger partial charge in [-0.1, -0.05) is 20.8 Å². The van der Waals surface area contributed by atoms with Crippen LogP contribution in [0, 0.1) is 6.92 Å². The van der Waals surface area contributed by atoms with Crippen molar-refractivity contribution in [3.05, 3.63) is 23.7 Å². The van der Waals surface area contributed by atoms with Crippen molar-refractivity contribution in [1.82, 2.24) is 19.8 Å². The van der Waals surface area contributed by atoms with E-state index in [1.807, 2.05) is 19.1 Å². The molecule has 2 rings (SSSR count). The fourth-order valence-corrected chi connectivity index (χ4v) is 1.29. The Labute approximate surface area is 83.0 Å². The Bertz CT molecular complexity index is 464. The van der Waals surface area contributed by atoms with Crippen LogP contribution in [0.15, 0.2) is 12.1 Å². The Morgan fingerprint density at radius 3 is 2.50 bits per heavy atom. The zero-order valence-corrected chi connectivity index (χ0v) is 8.94. The van der Waals surface area contributed by atoms with Crippen molar-refractivity contribution in [2.45, 2.75) is 33.1 Å². The molecule has 2 aromatic rings. The molecule has 4 nitrogen and oxygen atoms in total. The third-order valence-electron chi connectivity index (χ3n) is 2.08. The van der Waals surface area contributed by atoms with Crippen LogP contribution < -0.4 is 0 Å². The number of fused-ring (bicyclic) bond motifs is 1. The van der Waals surface area contributed by atoms with Gasteiger partial charge in [0.05, 0.1) is 5.69 Å². The van der Waals surface area contributed by atoms with E-state index >= 15 is 0 Å². The van der Waals surface area contributed by atoms with E-state index in [0.29, 0.717) is 0 Å². The van der Waals surface area contributed by atoms with Gasteiger partial charge in [0.2, 0.25) is 0 Å². The van der Waals surface area contributed by atoms with Crippen LogP contribution in [0.4, 0.5) is 0 Å². The Kier molecular flexibility index (Phi) is 1.80. The number of nitrogens with zero attached hydrogens (tertiary/aromatic N) is 4. The number of hydrogen-bond acceptors (Lipinski definition) is 3. The van der Waals surface area contributed by atoms with E-state index in [-0.39, 0.29) is 5.41 Å². The zero-order valence-electron chi connectivity index (χ0n) is 8.94. The Morgan fingerprint density at radius 1 is 1.14 bits per heavy atom. The topological polar surface area (TPSA) is 43.1 Å². The van der Waals surface area contributed by atoms with Crippen molar-refractivity contribution >= 4 is 5.65 Å². The van der Waals surface area contributed by atoms with Gasteiger partial charge in [0.1, 0.15) is 5.82 Å². The second kappa shape index (κ2) is 2.77. The van der Waals surface area contributed by atoms with E-state index in [2.05, 4.69) is 36.0 Å². The lowest BCUT2D eigenvalue weighted by molar-refractivity contribution is 0.546. The van der Waals surface area contributed by atoms with Crippen molar-refractivity contribution in [1.29, 1.82) is 0 Å². The zero-order chi connectivity index (χ0) is 10.3. The van der Waals surface area contributed by atoms with Gasteiger partial charge in [-0.05, 0) is 19.1 Å². The lowest BCUT2D eigenvalue weighted by Crippen LogP contribution is -2.15. The summed E-state index contributed by atoms with van der Waals surface area (Å²) in [5.41, 5.74) is 1.87. The highest BCUT2D eigenvalue weighted by Gasteiger charge is 2.16. The molecule has 0 aliphatic rings. The SMILES string of the molecule is Cc1nc2ccc(C(C)(C)C)nn2n1. The van der Waals surface area contributed by atoms with Crippen LogP contribution >= 0.6 is 0 Å². The summed E-state index contributed by atoms with van der Waals surface area (Å²) in [7, 11) is 0. The summed E-state index contributed by atoms with van der Waals surface area (Å²) in [6.45, 7) is 8.26. The van der Waals surface area contributed by atoms with Crippen molar-refractivity contribution in [2.75, 3.05) is 0 Å². The summed E-state index contributed by atoms with van der Waals surface area (Å²) in [5, 5.41) is 8.59. The fourth-order valence-electron chi connectivity index (χ4n) is 1.29. The molecule has 0 unspecified atom stereocenters. The van der Waals surface area contributed by atoms with Gasteiger partial charge < -0.3 is 0 Å². The number of hydrogen-bond donors (Lipinski definition) is 0. The summed E-state index contributed by atoms with van der Waals surface area (Å²) in [6, 6.07) is 3.96. The van der Waals surface area contributed by atoms with Crippen LogP contribution in [-0.4, -0.2) is 19.8 Å². The lowest BCUT2D eigenvalue weighted by atomic mass is 9.92. The molecule has 0 saturated carbocycles. The summed E-state index contributed by atoms with van der Waals surface area (Å²) < 4.78 is 1.59. The first-order chi connectivity index (χ1) is 6.47. The van der Waals surface area contributed by atoms with Gasteiger partial charge in [-0.15, -0.1) is 9.73 Å². The molecule has 0 atom stereocenters. The van der Waals surface area contributed by atoms with Crippen LogP contribution in [0.1, 0.15) is 32.3 Å². The minimum atomic E-state index is 0.0496. The molecule has 0 aliphatic carbocycles. The summed E-state index contributed by atoms with van der Waals surface area (Å²) in [4.78, 5) is 4.23. The highest BCUT2D eigenvalue weighted by atomic mass is 15.4. The van der Waals surface area contributed by atoms with E-state index in [1.54, 1.807) is 4.63 Å². The smallest absolute Gasteiger partial charge is 0.176 e. The summed E-state index contributed by atoms with van der Waals surface area (Å²) >= 11 is 0. The maximum Gasteiger partial charge on any atom is 0.176 e. The molecule has 2 aromatic heterocycles. The highest BCUT2D eigenvalue weighted by Crippen LogP contribution is 2.19. The van der Waals surface area contributed by atoms with E-state index in [4.69, 9.17) is 0 Å². The Balaban J connectivity index is 2.62. The minimum absolute atomic E-state index is 0.0496. The van der Waals surface area contributed by atoms with E-state index < -0.39 is 0 Å². The quantitative estimate of drug-likeness (QED) is 0.635. The molecule has 0 spiro atoms. The number of aryl methyl sites for hydroxylation is 1. The van der Waals surface area contributed by atoms with Crippen LogP contribution in [-0.2, 0) is 5.41 Å². The standard InChI is InChI=1S/C10H14N4/c1-7-11-9-6-5-8(10(2,3)4)13-14(9)12-7/h5-6H,1-4H3. The predicted molar refractivity (Wildman–Crippen MR) is 54.2 cm³/mol. The van der Waals surface area contributed by atoms with Gasteiger partial charge in [0, 0.05) is 5.41 Å². The third-order valence-corrected chi connectivity index (χ3v) is 2.08. The highest BCUT2D eigenvalue weighted by molar-refractivity contribution is 5.36. The largest absolute Gasteiger partial charge is 0.210 e. The Hall–Kier alpha value is -1.45. The van der Waals surface area contributed by atoms with Gasteiger partial charge in [-0.3, -0.25) is 0 Å². The molecule has 0 amide bonds. The average molecular weight is 190 g/mol. The minimum Gasteiger partial charge on any atom is -0.210 e. The van der Waals surface area contributed by atoms with Crippen LogP contribution in [0.3, 0.4) is 0 Å². The number of aromatic nitrogens is 4. The molecule has 0 aliphatic heterocycles. The van der Waals surface area contributed by atoms with Gasteiger partial charge in [-0.25, -0.2) is 4.98 Å². The molecular weight excluding hydrogens is 176 g/mol. The van der Waals surface area contributed by atoms with Gasteiger partial charge in [0.15, 0.2) is 5.65 Å². The van der Waals surface area contributed by atoms with Crippen LogP contribution in [0.25, 0.3) is 5.65 Å². The molecule has 0 bridgehead atoms. The average Bonchev–Trinajstić information content (AvgIpc) is 2.41. The first-order valence-electron chi connectivity index (χ1n) is 4.68. The van der Waals surface area contributed by atoms with Crippen LogP contribution in [0.5, 0.6) is 0 Å². The summed E-state index contributed by atoms with van der Waals surface area (Å²) in [6.07, 6.45) is 0. The second-order valence-electron chi connectivity index (χ2n) is 4.48. The van der Waals surface area contributed by atoms with Crippen molar-refractivity contribution in [2.24, 2.45) is 0 Å². The van der Waals surface area contributed by atoms with Crippen molar-refractivity contribution in [3.8, 4) is 0 Å². The normalized spacial score (nSPS) is 12.3. The Morgan fingerprint density at radius 2 is 1.86 bits per heavy atom. The maximum atomic E-state index is 4.41. The second-order valence-corrected chi connectivity index (χ2v) is 4.48. The van der Waals surface area contributed by atoms with Crippen molar-refractivity contribution in [3.63, 3.8) is 0 Å². The van der Waals surface area contributed by atoms with E-state index in [0.717, 1.165) is 17.2 Å².